The molecule has 0 fully saturated rings. The summed E-state index contributed by atoms with van der Waals surface area (Å²) in [5.41, 5.74) is 6.21. The van der Waals surface area contributed by atoms with Gasteiger partial charge in [0.1, 0.15) is 0 Å². The quantitative estimate of drug-likeness (QED) is 0.569. The van der Waals surface area contributed by atoms with Crippen molar-refractivity contribution in [3.8, 4) is 5.69 Å². The number of nitrogens with zero attached hydrogens (tertiary/aromatic N) is 1. The maximum atomic E-state index is 11.9. The molecule has 4 nitrogen and oxygen atoms in total. The molecule has 0 unspecified atom stereocenters. The first-order chi connectivity index (χ1) is 13.4. The fourth-order valence-corrected chi connectivity index (χ4v) is 3.73. The van der Waals surface area contributed by atoms with Gasteiger partial charge in [-0.2, -0.15) is 0 Å². The van der Waals surface area contributed by atoms with Crippen LogP contribution in [0.4, 0.5) is 0 Å². The molecule has 1 heterocycles. The molecule has 28 heavy (non-hydrogen) atoms. The molecule has 0 aliphatic rings. The van der Waals surface area contributed by atoms with Crippen LogP contribution in [0, 0.1) is 13.8 Å². The van der Waals surface area contributed by atoms with Crippen LogP contribution in [0.15, 0.2) is 48.5 Å². The predicted molar refractivity (Wildman–Crippen MR) is 114 cm³/mol. The van der Waals surface area contributed by atoms with Gasteiger partial charge in [0.15, 0.2) is 0 Å². The van der Waals surface area contributed by atoms with Gasteiger partial charge in [0.2, 0.25) is 0 Å². The normalized spacial score (nSPS) is 11.0. The third kappa shape index (κ3) is 4.13. The number of aryl methyl sites for hydroxylation is 1. The van der Waals surface area contributed by atoms with E-state index in [1.165, 1.54) is 11.1 Å². The largest absolute Gasteiger partial charge is 0.478 e. The number of halogens is 1. The molecule has 3 aromatic rings. The van der Waals surface area contributed by atoms with Crippen molar-refractivity contribution in [3.05, 3.63) is 87.2 Å². The van der Waals surface area contributed by atoms with E-state index in [-0.39, 0.29) is 0 Å². The lowest BCUT2D eigenvalue weighted by Crippen LogP contribution is -2.15. The topological polar surface area (TPSA) is 54.3 Å². The fourth-order valence-electron chi connectivity index (χ4n) is 3.60. The number of aromatic carboxylic acids is 1. The lowest BCUT2D eigenvalue weighted by atomic mass is 10.1. The summed E-state index contributed by atoms with van der Waals surface area (Å²) in [5.74, 6) is -0.905. The number of aromatic nitrogens is 1. The summed E-state index contributed by atoms with van der Waals surface area (Å²) >= 11 is 6.00. The molecule has 0 bridgehead atoms. The summed E-state index contributed by atoms with van der Waals surface area (Å²) in [6, 6.07) is 15.9. The highest BCUT2D eigenvalue weighted by Crippen LogP contribution is 2.27. The van der Waals surface area contributed by atoms with E-state index in [4.69, 9.17) is 11.6 Å². The van der Waals surface area contributed by atoms with Crippen LogP contribution in [0.2, 0.25) is 5.02 Å². The number of carboxylic acids is 1. The maximum Gasteiger partial charge on any atom is 0.337 e. The molecule has 146 valence electrons. The number of hydrogen-bond acceptors (Lipinski definition) is 2. The number of rotatable bonds is 7. The van der Waals surface area contributed by atoms with Gasteiger partial charge < -0.3 is 15.0 Å². The van der Waals surface area contributed by atoms with Gasteiger partial charge in [-0.25, -0.2) is 4.79 Å². The van der Waals surface area contributed by atoms with Crippen LogP contribution < -0.4 is 5.32 Å². The average molecular weight is 397 g/mol. The molecule has 0 aliphatic carbocycles. The van der Waals surface area contributed by atoms with Crippen molar-refractivity contribution in [2.45, 2.75) is 40.3 Å². The molecular weight excluding hydrogens is 372 g/mol. The summed E-state index contributed by atoms with van der Waals surface area (Å²) in [6.45, 7) is 7.12. The Labute approximate surface area is 170 Å². The Kier molecular flexibility index (Phi) is 6.22. The molecule has 0 spiro atoms. The van der Waals surface area contributed by atoms with Crippen molar-refractivity contribution in [2.75, 3.05) is 0 Å². The third-order valence-electron chi connectivity index (χ3n) is 5.13. The monoisotopic (exact) mass is 396 g/mol. The Hall–Kier alpha value is -2.56. The molecule has 1 aromatic heterocycles. The number of hydrogen-bond donors (Lipinski definition) is 2. The van der Waals surface area contributed by atoms with Crippen LogP contribution in [0.5, 0.6) is 0 Å². The van der Waals surface area contributed by atoms with Crippen LogP contribution in [0.1, 0.15) is 45.4 Å². The Morgan fingerprint density at radius 2 is 1.57 bits per heavy atom. The molecule has 0 atom stereocenters. The zero-order valence-corrected chi connectivity index (χ0v) is 17.2. The molecule has 2 aromatic carbocycles. The van der Waals surface area contributed by atoms with Gasteiger partial charge in [-0.05, 0) is 55.7 Å². The van der Waals surface area contributed by atoms with Gasteiger partial charge >= 0.3 is 5.97 Å². The molecular formula is C23H25ClN2O2. The van der Waals surface area contributed by atoms with Gasteiger partial charge in [0, 0.05) is 40.8 Å². The zero-order chi connectivity index (χ0) is 20.3. The lowest BCUT2D eigenvalue weighted by molar-refractivity contribution is 0.0695. The minimum atomic E-state index is -0.905. The summed E-state index contributed by atoms with van der Waals surface area (Å²) in [5, 5.41) is 13.8. The third-order valence-corrected chi connectivity index (χ3v) is 5.38. The van der Waals surface area contributed by atoms with Crippen LogP contribution in [-0.4, -0.2) is 15.6 Å². The number of benzene rings is 2. The highest BCUT2D eigenvalue weighted by Gasteiger charge is 2.23. The van der Waals surface area contributed by atoms with Gasteiger partial charge in [0.25, 0.3) is 0 Å². The van der Waals surface area contributed by atoms with E-state index < -0.39 is 5.97 Å². The summed E-state index contributed by atoms with van der Waals surface area (Å²) < 4.78 is 1.98. The van der Waals surface area contributed by atoms with Gasteiger partial charge in [0.05, 0.1) is 5.56 Å². The molecule has 3 rings (SSSR count). The van der Waals surface area contributed by atoms with Gasteiger partial charge in [-0.1, -0.05) is 42.8 Å². The number of carboxylic acid groups (broad SMARTS) is 1. The van der Waals surface area contributed by atoms with E-state index in [0.717, 1.165) is 29.1 Å². The van der Waals surface area contributed by atoms with Crippen molar-refractivity contribution < 1.29 is 9.90 Å². The second-order valence-corrected chi connectivity index (χ2v) is 7.35. The van der Waals surface area contributed by atoms with Crippen molar-refractivity contribution in [3.63, 3.8) is 0 Å². The highest BCUT2D eigenvalue weighted by molar-refractivity contribution is 6.30. The molecule has 0 radical (unpaired) electrons. The Morgan fingerprint density at radius 3 is 2.14 bits per heavy atom. The lowest BCUT2D eigenvalue weighted by Gasteiger charge is -2.10. The first-order valence-electron chi connectivity index (χ1n) is 9.41. The van der Waals surface area contributed by atoms with Crippen LogP contribution in [-0.2, 0) is 19.5 Å². The van der Waals surface area contributed by atoms with Crippen LogP contribution >= 0.6 is 11.6 Å². The van der Waals surface area contributed by atoms with E-state index in [2.05, 4.69) is 36.5 Å². The van der Waals surface area contributed by atoms with E-state index in [0.29, 0.717) is 23.7 Å². The smallest absolute Gasteiger partial charge is 0.337 e. The van der Waals surface area contributed by atoms with E-state index in [1.54, 1.807) is 0 Å². The van der Waals surface area contributed by atoms with Gasteiger partial charge in [-0.15, -0.1) is 0 Å². The molecule has 0 saturated heterocycles. The molecule has 5 heteroatoms. The molecule has 0 aliphatic heterocycles. The second-order valence-electron chi connectivity index (χ2n) is 6.91. The summed E-state index contributed by atoms with van der Waals surface area (Å²) in [6.07, 6.45) is 1.02. The van der Waals surface area contributed by atoms with Crippen LogP contribution in [0.3, 0.4) is 0 Å². The number of carbonyl (C=O) groups is 1. The Morgan fingerprint density at radius 1 is 0.964 bits per heavy atom. The SMILES string of the molecule is CCc1ccc(CNCc2c(C(=O)O)c(C)n(-c3ccc(Cl)cc3)c2C)cc1. The zero-order valence-electron chi connectivity index (χ0n) is 16.4. The minimum Gasteiger partial charge on any atom is -0.478 e. The fraction of sp³-hybridized carbons (Fsp3) is 0.261. The Balaban J connectivity index is 1.86. The van der Waals surface area contributed by atoms with E-state index in [1.807, 2.05) is 42.7 Å². The maximum absolute atomic E-state index is 11.9. The standard InChI is InChI=1S/C23H25ClN2O2/c1-4-17-5-7-18(8-6-17)13-25-14-21-15(2)26(16(3)22(21)23(27)28)20-11-9-19(24)10-12-20/h5-12,25H,4,13-14H2,1-3H3,(H,27,28). The predicted octanol–water partition coefficient (Wildman–Crippen LogP) is 5.30. The summed E-state index contributed by atoms with van der Waals surface area (Å²) in [4.78, 5) is 11.9. The molecule has 0 saturated carbocycles. The Bertz CT molecular complexity index is 973. The number of nitrogens with one attached hydrogen (secondary N) is 1. The highest BCUT2D eigenvalue weighted by atomic mass is 35.5. The first kappa shape index (κ1) is 20.2. The molecule has 2 N–H and O–H groups in total. The molecule has 0 amide bonds. The summed E-state index contributed by atoms with van der Waals surface area (Å²) in [7, 11) is 0. The first-order valence-corrected chi connectivity index (χ1v) is 9.78. The van der Waals surface area contributed by atoms with Crippen molar-refractivity contribution in [1.82, 2.24) is 9.88 Å². The van der Waals surface area contributed by atoms with Crippen molar-refractivity contribution >= 4 is 17.6 Å². The minimum absolute atomic E-state index is 0.362. The van der Waals surface area contributed by atoms with Gasteiger partial charge in [-0.3, -0.25) is 0 Å². The van der Waals surface area contributed by atoms with Crippen molar-refractivity contribution in [2.24, 2.45) is 0 Å². The van der Waals surface area contributed by atoms with E-state index >= 15 is 0 Å². The van der Waals surface area contributed by atoms with E-state index in [9.17, 15) is 9.90 Å². The average Bonchev–Trinajstić information content (AvgIpc) is 2.93. The second kappa shape index (κ2) is 8.63. The van der Waals surface area contributed by atoms with Crippen LogP contribution in [0.25, 0.3) is 5.69 Å². The van der Waals surface area contributed by atoms with Crippen molar-refractivity contribution in [1.29, 1.82) is 0 Å².